The first-order valence-corrected chi connectivity index (χ1v) is 18.3. The number of amides is 2. The number of carbonyl (C=O) groups is 5. The summed E-state index contributed by atoms with van der Waals surface area (Å²) in [6.07, 6.45) is 3.96. The molecule has 3 aliphatic carbocycles. The van der Waals surface area contributed by atoms with E-state index < -0.39 is 35.0 Å². The van der Waals surface area contributed by atoms with Gasteiger partial charge in [0.2, 0.25) is 11.8 Å². The van der Waals surface area contributed by atoms with Gasteiger partial charge >= 0.3 is 0 Å². The molecule has 1 saturated carbocycles. The molecule has 0 unspecified atom stereocenters. The summed E-state index contributed by atoms with van der Waals surface area (Å²) < 4.78 is 0. The average molecular weight is 710 g/mol. The fraction of sp³-hybridized carbons (Fsp3) is 0.170. The van der Waals surface area contributed by atoms with Gasteiger partial charge in [-0.3, -0.25) is 28.9 Å². The van der Waals surface area contributed by atoms with Crippen molar-refractivity contribution in [3.63, 3.8) is 0 Å². The van der Waals surface area contributed by atoms with Gasteiger partial charge in [0.05, 0.1) is 22.9 Å². The lowest BCUT2D eigenvalue weighted by molar-refractivity contribution is -0.135. The summed E-state index contributed by atoms with van der Waals surface area (Å²) in [5.41, 5.74) is 3.12. The number of fused-ring (bicyclic) bond motifs is 4. The van der Waals surface area contributed by atoms with Crippen molar-refractivity contribution in [3.05, 3.63) is 185 Å². The Bertz CT molecular complexity index is 2420. The van der Waals surface area contributed by atoms with Gasteiger partial charge in [0.1, 0.15) is 5.75 Å². The number of phenols is 1. The minimum atomic E-state index is -1.37. The molecule has 4 aliphatic rings. The number of benzene rings is 5. The largest absolute Gasteiger partial charge is 0.508 e. The Labute approximate surface area is 312 Å². The number of hydrogen-bond donors (Lipinski definition) is 1. The first kappa shape index (κ1) is 33.4. The molecule has 9 rings (SSSR count). The molecule has 1 aliphatic heterocycles. The van der Waals surface area contributed by atoms with Crippen molar-refractivity contribution < 1.29 is 29.1 Å². The second-order valence-electron chi connectivity index (χ2n) is 14.6. The molecule has 6 atom stereocenters. The normalized spacial score (nSPS) is 26.0. The van der Waals surface area contributed by atoms with E-state index in [4.69, 9.17) is 0 Å². The van der Waals surface area contributed by atoms with E-state index in [2.05, 4.69) is 0 Å². The number of anilines is 1. The van der Waals surface area contributed by atoms with Gasteiger partial charge in [0.25, 0.3) is 0 Å². The molecule has 0 spiro atoms. The summed E-state index contributed by atoms with van der Waals surface area (Å²) >= 11 is 0. The van der Waals surface area contributed by atoms with Crippen LogP contribution in [-0.2, 0) is 24.6 Å². The predicted molar refractivity (Wildman–Crippen MR) is 203 cm³/mol. The molecule has 0 aromatic heterocycles. The van der Waals surface area contributed by atoms with E-state index in [1.54, 1.807) is 66.7 Å². The van der Waals surface area contributed by atoms with Crippen molar-refractivity contribution in [3.8, 4) is 5.75 Å². The number of nitrogens with zero attached hydrogens (tertiary/aromatic N) is 1. The van der Waals surface area contributed by atoms with Crippen LogP contribution < -0.4 is 4.90 Å². The Hall–Kier alpha value is -6.47. The van der Waals surface area contributed by atoms with E-state index in [-0.39, 0.29) is 47.8 Å². The van der Waals surface area contributed by atoms with Crippen LogP contribution in [0, 0.1) is 23.7 Å². The van der Waals surface area contributed by atoms with Gasteiger partial charge in [-0.15, -0.1) is 0 Å². The van der Waals surface area contributed by atoms with Crippen LogP contribution >= 0.6 is 0 Å². The molecule has 1 saturated heterocycles. The van der Waals surface area contributed by atoms with Gasteiger partial charge in [0, 0.05) is 28.5 Å². The van der Waals surface area contributed by atoms with Crippen LogP contribution in [0.4, 0.5) is 5.69 Å². The van der Waals surface area contributed by atoms with E-state index >= 15 is 9.59 Å². The lowest BCUT2D eigenvalue weighted by Gasteiger charge is -2.55. The Balaban J connectivity index is 1.17. The minimum Gasteiger partial charge on any atom is -0.508 e. The summed E-state index contributed by atoms with van der Waals surface area (Å²) in [4.78, 5) is 73.4. The average Bonchev–Trinajstić information content (AvgIpc) is 3.47. The fourth-order valence-corrected chi connectivity index (χ4v) is 9.73. The van der Waals surface area contributed by atoms with Crippen LogP contribution in [0.2, 0.25) is 0 Å². The molecule has 7 nitrogen and oxygen atoms in total. The molecule has 7 heteroatoms. The Morgan fingerprint density at radius 1 is 0.685 bits per heavy atom. The van der Waals surface area contributed by atoms with E-state index in [9.17, 15) is 19.5 Å². The second-order valence-corrected chi connectivity index (χ2v) is 14.6. The predicted octanol–water partition coefficient (Wildman–Crippen LogP) is 7.65. The summed E-state index contributed by atoms with van der Waals surface area (Å²) in [5.74, 6) is -4.79. The van der Waals surface area contributed by atoms with E-state index in [0.717, 1.165) is 5.57 Å². The number of aromatic hydroxyl groups is 1. The van der Waals surface area contributed by atoms with E-state index in [0.29, 0.717) is 39.1 Å². The lowest BCUT2D eigenvalue weighted by atomic mass is 9.44. The Morgan fingerprint density at radius 2 is 1.33 bits per heavy atom. The molecule has 264 valence electrons. The maximum absolute atomic E-state index is 15.1. The zero-order valence-electron chi connectivity index (χ0n) is 29.2. The Morgan fingerprint density at radius 3 is 2.02 bits per heavy atom. The highest BCUT2D eigenvalue weighted by atomic mass is 16.3. The third-order valence-electron chi connectivity index (χ3n) is 12.0. The third-order valence-corrected chi connectivity index (χ3v) is 12.0. The van der Waals surface area contributed by atoms with Gasteiger partial charge in [-0.1, -0.05) is 115 Å². The molecular formula is C47H35NO6. The number of rotatable bonds is 6. The lowest BCUT2D eigenvalue weighted by Crippen LogP contribution is -2.58. The zero-order chi connectivity index (χ0) is 37.1. The highest BCUT2D eigenvalue weighted by Crippen LogP contribution is 2.63. The monoisotopic (exact) mass is 709 g/mol. The standard InChI is InChI=1S/C47H35NO6/c49-34-18-10-15-31(25-34)42-35-23-24-36-41(46(54)48(45(36)53)33-21-19-30(20-22-33)43(51)29-13-6-2-7-14-29)38(35)26-39-44(52)37(28-11-4-1-5-12-28)27-40(50)47(39,42)32-16-8-3-9-17-32/h1-23,25,27,36,38-39,41-42,49H,24,26H2/t36-,38+,39-,41-,42-,47-/m0/s1. The van der Waals surface area contributed by atoms with Gasteiger partial charge in [-0.2, -0.15) is 0 Å². The van der Waals surface area contributed by atoms with Gasteiger partial charge in [0.15, 0.2) is 17.3 Å². The molecule has 0 bridgehead atoms. The molecule has 5 aromatic rings. The van der Waals surface area contributed by atoms with Gasteiger partial charge in [-0.25, -0.2) is 0 Å². The molecule has 54 heavy (non-hydrogen) atoms. The highest BCUT2D eigenvalue weighted by molar-refractivity contribution is 6.32. The number of carbonyl (C=O) groups excluding carboxylic acids is 5. The summed E-state index contributed by atoms with van der Waals surface area (Å²) in [5, 5.41) is 10.8. The zero-order valence-corrected chi connectivity index (χ0v) is 29.2. The van der Waals surface area contributed by atoms with Gasteiger partial charge < -0.3 is 5.11 Å². The fourth-order valence-electron chi connectivity index (χ4n) is 9.73. The molecular weight excluding hydrogens is 675 g/mol. The van der Waals surface area contributed by atoms with Crippen molar-refractivity contribution in [2.45, 2.75) is 24.2 Å². The van der Waals surface area contributed by atoms with Crippen LogP contribution in [0.15, 0.2) is 157 Å². The summed E-state index contributed by atoms with van der Waals surface area (Å²) in [6, 6.07) is 40.8. The summed E-state index contributed by atoms with van der Waals surface area (Å²) in [6.45, 7) is 0. The maximum Gasteiger partial charge on any atom is 0.238 e. The second kappa shape index (κ2) is 12.9. The van der Waals surface area contributed by atoms with E-state index in [1.807, 2.05) is 78.9 Å². The number of imide groups is 1. The topological polar surface area (TPSA) is 109 Å². The van der Waals surface area contributed by atoms with Crippen LogP contribution in [-0.4, -0.2) is 34.3 Å². The third kappa shape index (κ3) is 4.99. The molecule has 1 N–H and O–H groups in total. The van der Waals surface area contributed by atoms with Crippen molar-refractivity contribution >= 4 is 40.4 Å². The minimum absolute atomic E-state index is 0.0197. The number of ketones is 3. The first-order valence-electron chi connectivity index (χ1n) is 18.3. The van der Waals surface area contributed by atoms with Crippen LogP contribution in [0.3, 0.4) is 0 Å². The molecule has 1 heterocycles. The van der Waals surface area contributed by atoms with Crippen molar-refractivity contribution in [1.29, 1.82) is 0 Å². The van der Waals surface area contributed by atoms with Crippen molar-refractivity contribution in [2.75, 3.05) is 4.90 Å². The van der Waals surface area contributed by atoms with E-state index in [1.165, 1.54) is 11.0 Å². The Kier molecular flexibility index (Phi) is 7.96. The first-order chi connectivity index (χ1) is 26.3. The molecule has 2 amide bonds. The number of allylic oxidation sites excluding steroid dienone is 4. The quantitative estimate of drug-likeness (QED) is 0.110. The SMILES string of the molecule is O=C(c1ccccc1)c1ccc(N2C(=O)[C@H]3[C@H](CC=C4[C@H]3C[C@H]3C(=O)C(c5ccccc5)=CC(=O)[C@@]3(c3ccccc3)[C@H]4c3cccc(O)c3)C2=O)cc1. The smallest absolute Gasteiger partial charge is 0.238 e. The maximum atomic E-state index is 15.1. The van der Waals surface area contributed by atoms with Gasteiger partial charge in [-0.05, 0) is 77.9 Å². The molecule has 5 aromatic carbocycles. The number of phenolic OH excluding ortho intramolecular Hbond substituents is 1. The van der Waals surface area contributed by atoms with Crippen LogP contribution in [0.1, 0.15) is 51.4 Å². The number of Topliss-reactive ketones (excluding diaryl/α,β-unsaturated/α-hetero) is 1. The van der Waals surface area contributed by atoms with Crippen molar-refractivity contribution in [1.82, 2.24) is 0 Å². The number of hydrogen-bond acceptors (Lipinski definition) is 6. The van der Waals surface area contributed by atoms with Crippen LogP contribution in [0.5, 0.6) is 5.75 Å². The van der Waals surface area contributed by atoms with Crippen LogP contribution in [0.25, 0.3) is 5.57 Å². The highest BCUT2D eigenvalue weighted by Gasteiger charge is 2.66. The molecule has 2 fully saturated rings. The molecule has 0 radical (unpaired) electrons. The van der Waals surface area contributed by atoms with Crippen molar-refractivity contribution in [2.24, 2.45) is 23.7 Å². The summed E-state index contributed by atoms with van der Waals surface area (Å²) in [7, 11) is 0.